The standard InChI is InChI=1S/C28H31N3O3/c1-34-26-17-8-5-14-23(26)27(32)30-22-13-9-10-20(18-22)19-31(25-16-7-6-15-24(25)29)28(33)21-11-3-2-4-12-21/h2-5,8-14,17-18,24-25H,6-7,15-16,19,29H2,1H3,(H,30,32). The zero-order valence-corrected chi connectivity index (χ0v) is 19.4. The van der Waals surface area contributed by atoms with E-state index >= 15 is 0 Å². The number of para-hydroxylation sites is 1. The van der Waals surface area contributed by atoms with Crippen molar-refractivity contribution in [2.45, 2.75) is 44.3 Å². The van der Waals surface area contributed by atoms with Crippen molar-refractivity contribution in [3.63, 3.8) is 0 Å². The molecule has 3 aromatic carbocycles. The van der Waals surface area contributed by atoms with Crippen LogP contribution in [0.4, 0.5) is 5.69 Å². The van der Waals surface area contributed by atoms with Crippen molar-refractivity contribution >= 4 is 17.5 Å². The molecule has 0 saturated heterocycles. The molecule has 3 N–H and O–H groups in total. The van der Waals surface area contributed by atoms with Crippen LogP contribution in [-0.4, -0.2) is 35.9 Å². The lowest BCUT2D eigenvalue weighted by Crippen LogP contribution is -2.51. The Hall–Kier alpha value is -3.64. The summed E-state index contributed by atoms with van der Waals surface area (Å²) in [6, 6.07) is 24.0. The van der Waals surface area contributed by atoms with Crippen molar-refractivity contribution in [3.8, 4) is 5.75 Å². The molecule has 0 bridgehead atoms. The topological polar surface area (TPSA) is 84.7 Å². The van der Waals surface area contributed by atoms with Gasteiger partial charge < -0.3 is 20.7 Å². The van der Waals surface area contributed by atoms with Crippen molar-refractivity contribution in [3.05, 3.63) is 95.6 Å². The first kappa shape index (κ1) is 23.5. The van der Waals surface area contributed by atoms with Crippen molar-refractivity contribution in [2.24, 2.45) is 5.73 Å². The Balaban J connectivity index is 1.56. The van der Waals surface area contributed by atoms with Gasteiger partial charge in [-0.3, -0.25) is 9.59 Å². The van der Waals surface area contributed by atoms with E-state index in [0.717, 1.165) is 31.2 Å². The molecule has 34 heavy (non-hydrogen) atoms. The highest BCUT2D eigenvalue weighted by Crippen LogP contribution is 2.26. The molecule has 6 nitrogen and oxygen atoms in total. The van der Waals surface area contributed by atoms with Crippen LogP contribution in [0.1, 0.15) is 52.0 Å². The lowest BCUT2D eigenvalue weighted by molar-refractivity contribution is 0.0583. The molecule has 0 heterocycles. The van der Waals surface area contributed by atoms with Crippen molar-refractivity contribution in [2.75, 3.05) is 12.4 Å². The third kappa shape index (κ3) is 5.46. The molecule has 0 radical (unpaired) electrons. The predicted octanol–water partition coefficient (Wildman–Crippen LogP) is 4.86. The van der Waals surface area contributed by atoms with E-state index in [9.17, 15) is 9.59 Å². The highest BCUT2D eigenvalue weighted by molar-refractivity contribution is 6.06. The average Bonchev–Trinajstić information content (AvgIpc) is 2.88. The lowest BCUT2D eigenvalue weighted by Gasteiger charge is -2.38. The van der Waals surface area contributed by atoms with Gasteiger partial charge in [0.1, 0.15) is 5.75 Å². The number of ether oxygens (including phenoxy) is 1. The molecule has 2 atom stereocenters. The average molecular weight is 458 g/mol. The molecule has 1 fully saturated rings. The van der Waals surface area contributed by atoms with E-state index in [1.165, 1.54) is 0 Å². The van der Waals surface area contributed by atoms with Crippen molar-refractivity contribution in [1.82, 2.24) is 4.90 Å². The van der Waals surface area contributed by atoms with E-state index in [0.29, 0.717) is 29.1 Å². The van der Waals surface area contributed by atoms with E-state index < -0.39 is 0 Å². The van der Waals surface area contributed by atoms with Gasteiger partial charge in [0, 0.05) is 29.9 Å². The molecule has 0 aliphatic heterocycles. The Morgan fingerprint density at radius 1 is 0.971 bits per heavy atom. The second-order valence-electron chi connectivity index (χ2n) is 8.67. The number of methoxy groups -OCH3 is 1. The summed E-state index contributed by atoms with van der Waals surface area (Å²) in [5.74, 6) is 0.245. The number of hydrogen-bond acceptors (Lipinski definition) is 4. The maximum absolute atomic E-state index is 13.5. The third-order valence-corrected chi connectivity index (χ3v) is 6.35. The number of benzene rings is 3. The summed E-state index contributed by atoms with van der Waals surface area (Å²) in [4.78, 5) is 28.2. The van der Waals surface area contributed by atoms with E-state index in [1.54, 1.807) is 25.3 Å². The highest BCUT2D eigenvalue weighted by Gasteiger charge is 2.31. The number of nitrogens with zero attached hydrogens (tertiary/aromatic N) is 1. The van der Waals surface area contributed by atoms with Crippen LogP contribution in [0.3, 0.4) is 0 Å². The van der Waals surface area contributed by atoms with Crippen LogP contribution in [0, 0.1) is 0 Å². The SMILES string of the molecule is COc1ccccc1C(=O)Nc1cccc(CN(C(=O)c2ccccc2)C2CCCCC2N)c1. The van der Waals surface area contributed by atoms with Crippen LogP contribution in [0.25, 0.3) is 0 Å². The number of nitrogens with one attached hydrogen (secondary N) is 1. The van der Waals surface area contributed by atoms with Gasteiger partial charge in [-0.1, -0.05) is 55.3 Å². The summed E-state index contributed by atoms with van der Waals surface area (Å²) >= 11 is 0. The molecule has 1 aliphatic carbocycles. The Morgan fingerprint density at radius 2 is 1.71 bits per heavy atom. The molecular weight excluding hydrogens is 426 g/mol. The summed E-state index contributed by atoms with van der Waals surface area (Å²) in [6.07, 6.45) is 3.96. The van der Waals surface area contributed by atoms with Crippen molar-refractivity contribution in [1.29, 1.82) is 0 Å². The molecule has 1 saturated carbocycles. The predicted molar refractivity (Wildman–Crippen MR) is 134 cm³/mol. The second kappa shape index (κ2) is 11.0. The molecular formula is C28H31N3O3. The Morgan fingerprint density at radius 3 is 2.47 bits per heavy atom. The molecule has 3 aromatic rings. The minimum atomic E-state index is -0.249. The Bertz CT molecular complexity index is 1130. The van der Waals surface area contributed by atoms with Crippen LogP contribution in [-0.2, 0) is 6.54 Å². The zero-order chi connectivity index (χ0) is 23.9. The fourth-order valence-corrected chi connectivity index (χ4v) is 4.59. The number of anilines is 1. The molecule has 0 aromatic heterocycles. The van der Waals surface area contributed by atoms with Gasteiger partial charge in [0.25, 0.3) is 11.8 Å². The molecule has 0 spiro atoms. The molecule has 4 rings (SSSR count). The molecule has 176 valence electrons. The van der Waals surface area contributed by atoms with Gasteiger partial charge in [0.05, 0.1) is 12.7 Å². The highest BCUT2D eigenvalue weighted by atomic mass is 16.5. The smallest absolute Gasteiger partial charge is 0.259 e. The fraction of sp³-hybridized carbons (Fsp3) is 0.286. The maximum atomic E-state index is 13.5. The van der Waals surface area contributed by atoms with Crippen LogP contribution < -0.4 is 15.8 Å². The molecule has 2 amide bonds. The quantitative estimate of drug-likeness (QED) is 0.531. The second-order valence-corrected chi connectivity index (χ2v) is 8.67. The summed E-state index contributed by atoms with van der Waals surface area (Å²) in [6.45, 7) is 0.421. The monoisotopic (exact) mass is 457 g/mol. The van der Waals surface area contributed by atoms with Crippen LogP contribution in [0.2, 0.25) is 0 Å². The summed E-state index contributed by atoms with van der Waals surface area (Å²) < 4.78 is 5.31. The van der Waals surface area contributed by atoms with Gasteiger partial charge in [-0.05, 0) is 54.8 Å². The zero-order valence-electron chi connectivity index (χ0n) is 19.4. The van der Waals surface area contributed by atoms with Gasteiger partial charge >= 0.3 is 0 Å². The Labute approximate surface area is 200 Å². The number of amides is 2. The molecule has 2 unspecified atom stereocenters. The van der Waals surface area contributed by atoms with Crippen molar-refractivity contribution < 1.29 is 14.3 Å². The molecule has 6 heteroatoms. The van der Waals surface area contributed by atoms with Crippen LogP contribution in [0.15, 0.2) is 78.9 Å². The largest absolute Gasteiger partial charge is 0.496 e. The first-order valence-electron chi connectivity index (χ1n) is 11.7. The van der Waals surface area contributed by atoms with Gasteiger partial charge in [-0.2, -0.15) is 0 Å². The lowest BCUT2D eigenvalue weighted by atomic mass is 9.89. The van der Waals surface area contributed by atoms with Gasteiger partial charge in [-0.25, -0.2) is 0 Å². The third-order valence-electron chi connectivity index (χ3n) is 6.35. The summed E-state index contributed by atoms with van der Waals surface area (Å²) in [5.41, 5.74) is 9.18. The minimum absolute atomic E-state index is 0.0201. The number of carbonyl (C=O) groups is 2. The number of carbonyl (C=O) groups excluding carboxylic acids is 2. The Kier molecular flexibility index (Phi) is 7.60. The van der Waals surface area contributed by atoms with E-state index in [1.807, 2.05) is 65.6 Å². The normalized spacial score (nSPS) is 17.6. The molecule has 1 aliphatic rings. The number of hydrogen-bond donors (Lipinski definition) is 2. The fourth-order valence-electron chi connectivity index (χ4n) is 4.59. The first-order chi connectivity index (χ1) is 16.6. The van der Waals surface area contributed by atoms with Gasteiger partial charge in [0.2, 0.25) is 0 Å². The van der Waals surface area contributed by atoms with E-state index in [-0.39, 0.29) is 23.9 Å². The summed E-state index contributed by atoms with van der Waals surface area (Å²) in [7, 11) is 1.54. The van der Waals surface area contributed by atoms with Crippen LogP contribution in [0.5, 0.6) is 5.75 Å². The number of rotatable bonds is 7. The van der Waals surface area contributed by atoms with Gasteiger partial charge in [0.15, 0.2) is 0 Å². The van der Waals surface area contributed by atoms with E-state index in [4.69, 9.17) is 10.5 Å². The summed E-state index contributed by atoms with van der Waals surface area (Å²) in [5, 5.41) is 2.95. The minimum Gasteiger partial charge on any atom is -0.496 e. The number of nitrogens with two attached hydrogens (primary N) is 1. The first-order valence-corrected chi connectivity index (χ1v) is 11.7. The van der Waals surface area contributed by atoms with E-state index in [2.05, 4.69) is 5.32 Å². The van der Waals surface area contributed by atoms with Gasteiger partial charge in [-0.15, -0.1) is 0 Å². The van der Waals surface area contributed by atoms with Crippen LogP contribution >= 0.6 is 0 Å². The maximum Gasteiger partial charge on any atom is 0.259 e.